The van der Waals surface area contributed by atoms with Crippen LogP contribution in [0.15, 0.2) is 18.2 Å². The first-order valence-electron chi connectivity index (χ1n) is 6.41. The van der Waals surface area contributed by atoms with Crippen molar-refractivity contribution >= 4 is 0 Å². The molecule has 3 heteroatoms. The number of hydrogen-bond donors (Lipinski definition) is 2. The van der Waals surface area contributed by atoms with Gasteiger partial charge in [0.1, 0.15) is 0 Å². The van der Waals surface area contributed by atoms with Crippen molar-refractivity contribution in [3.8, 4) is 11.5 Å². The van der Waals surface area contributed by atoms with Gasteiger partial charge in [-0.2, -0.15) is 0 Å². The molecule has 0 heterocycles. The van der Waals surface area contributed by atoms with Gasteiger partial charge in [-0.3, -0.25) is 0 Å². The Labute approximate surface area is 110 Å². The number of methoxy groups -OCH3 is 1. The van der Waals surface area contributed by atoms with Crippen LogP contribution in [0.4, 0.5) is 0 Å². The van der Waals surface area contributed by atoms with E-state index in [1.165, 1.54) is 0 Å². The number of phenolic OH excluding ortho intramolecular Hbond substituents is 1. The lowest BCUT2D eigenvalue weighted by Gasteiger charge is -2.27. The van der Waals surface area contributed by atoms with E-state index in [2.05, 4.69) is 33.0 Å². The van der Waals surface area contributed by atoms with Crippen molar-refractivity contribution in [1.29, 1.82) is 0 Å². The molecule has 18 heavy (non-hydrogen) atoms. The number of ether oxygens (including phenoxy) is 1. The lowest BCUT2D eigenvalue weighted by atomic mass is 9.82. The Bertz CT molecular complexity index is 383. The SMILES string of the molecule is COc1cc(CNCC(C)C(C)(C)C)ccc1O. The van der Waals surface area contributed by atoms with Crippen LogP contribution < -0.4 is 10.1 Å². The second-order valence-corrected chi connectivity index (χ2v) is 5.90. The van der Waals surface area contributed by atoms with Crippen LogP contribution in [0.25, 0.3) is 0 Å². The molecule has 1 unspecified atom stereocenters. The van der Waals surface area contributed by atoms with Gasteiger partial charge in [-0.25, -0.2) is 0 Å². The second kappa shape index (κ2) is 6.10. The number of hydrogen-bond acceptors (Lipinski definition) is 3. The van der Waals surface area contributed by atoms with Gasteiger partial charge in [-0.05, 0) is 35.6 Å². The van der Waals surface area contributed by atoms with E-state index >= 15 is 0 Å². The van der Waals surface area contributed by atoms with E-state index in [0.717, 1.165) is 18.7 Å². The van der Waals surface area contributed by atoms with Gasteiger partial charge in [0.2, 0.25) is 0 Å². The molecule has 0 radical (unpaired) electrons. The van der Waals surface area contributed by atoms with Crippen molar-refractivity contribution in [2.45, 2.75) is 34.2 Å². The molecule has 1 atom stereocenters. The smallest absolute Gasteiger partial charge is 0.160 e. The van der Waals surface area contributed by atoms with Crippen LogP contribution in [0, 0.1) is 11.3 Å². The maximum atomic E-state index is 9.51. The number of nitrogens with one attached hydrogen (secondary N) is 1. The fourth-order valence-corrected chi connectivity index (χ4v) is 1.57. The molecule has 0 aliphatic carbocycles. The van der Waals surface area contributed by atoms with Crippen LogP contribution in [0.2, 0.25) is 0 Å². The molecule has 0 saturated heterocycles. The lowest BCUT2D eigenvalue weighted by Crippen LogP contribution is -2.29. The minimum Gasteiger partial charge on any atom is -0.504 e. The van der Waals surface area contributed by atoms with E-state index in [9.17, 15) is 5.11 Å². The minimum atomic E-state index is 0.185. The molecular formula is C15H25NO2. The highest BCUT2D eigenvalue weighted by molar-refractivity contribution is 5.41. The predicted molar refractivity (Wildman–Crippen MR) is 75.0 cm³/mol. The van der Waals surface area contributed by atoms with Crippen LogP contribution in [0.3, 0.4) is 0 Å². The van der Waals surface area contributed by atoms with E-state index in [1.54, 1.807) is 13.2 Å². The molecule has 1 aromatic rings. The van der Waals surface area contributed by atoms with Gasteiger partial charge in [0.15, 0.2) is 11.5 Å². The average molecular weight is 251 g/mol. The van der Waals surface area contributed by atoms with Crippen molar-refractivity contribution in [3.05, 3.63) is 23.8 Å². The Kier molecular flexibility index (Phi) is 5.03. The molecule has 0 fully saturated rings. The largest absolute Gasteiger partial charge is 0.504 e. The molecule has 1 rings (SSSR count). The Morgan fingerprint density at radius 1 is 1.33 bits per heavy atom. The maximum absolute atomic E-state index is 9.51. The van der Waals surface area contributed by atoms with Gasteiger partial charge >= 0.3 is 0 Å². The van der Waals surface area contributed by atoms with E-state index in [0.29, 0.717) is 17.1 Å². The van der Waals surface area contributed by atoms with Crippen LogP contribution in [-0.4, -0.2) is 18.8 Å². The first-order valence-corrected chi connectivity index (χ1v) is 6.41. The summed E-state index contributed by atoms with van der Waals surface area (Å²) in [5.74, 6) is 1.32. The summed E-state index contributed by atoms with van der Waals surface area (Å²) in [7, 11) is 1.56. The molecule has 0 aliphatic rings. The molecule has 1 aromatic carbocycles. The summed E-state index contributed by atoms with van der Waals surface area (Å²) < 4.78 is 5.09. The van der Waals surface area contributed by atoms with Gasteiger partial charge < -0.3 is 15.2 Å². The second-order valence-electron chi connectivity index (χ2n) is 5.90. The molecule has 3 nitrogen and oxygen atoms in total. The van der Waals surface area contributed by atoms with Crippen LogP contribution in [-0.2, 0) is 6.54 Å². The summed E-state index contributed by atoms with van der Waals surface area (Å²) >= 11 is 0. The summed E-state index contributed by atoms with van der Waals surface area (Å²) in [6.45, 7) is 10.8. The number of phenols is 1. The third-order valence-electron chi connectivity index (χ3n) is 3.50. The zero-order valence-electron chi connectivity index (χ0n) is 12.1. The van der Waals surface area contributed by atoms with Crippen LogP contribution in [0.5, 0.6) is 11.5 Å². The van der Waals surface area contributed by atoms with Crippen LogP contribution >= 0.6 is 0 Å². The summed E-state index contributed by atoms with van der Waals surface area (Å²) in [5, 5.41) is 13.0. The fraction of sp³-hybridized carbons (Fsp3) is 0.600. The molecular weight excluding hydrogens is 226 g/mol. The quantitative estimate of drug-likeness (QED) is 0.844. The fourth-order valence-electron chi connectivity index (χ4n) is 1.57. The van der Waals surface area contributed by atoms with E-state index in [4.69, 9.17) is 4.74 Å². The molecule has 102 valence electrons. The Balaban J connectivity index is 2.49. The summed E-state index contributed by atoms with van der Waals surface area (Å²) in [6, 6.07) is 5.44. The monoisotopic (exact) mass is 251 g/mol. The Hall–Kier alpha value is -1.22. The highest BCUT2D eigenvalue weighted by Gasteiger charge is 2.19. The highest BCUT2D eigenvalue weighted by atomic mass is 16.5. The normalized spacial score (nSPS) is 13.4. The first kappa shape index (κ1) is 14.8. The lowest BCUT2D eigenvalue weighted by molar-refractivity contribution is 0.252. The van der Waals surface area contributed by atoms with Crippen molar-refractivity contribution in [3.63, 3.8) is 0 Å². The van der Waals surface area contributed by atoms with Crippen molar-refractivity contribution in [1.82, 2.24) is 5.32 Å². The first-order chi connectivity index (χ1) is 8.34. The van der Waals surface area contributed by atoms with Gasteiger partial charge in [0.25, 0.3) is 0 Å². The van der Waals surface area contributed by atoms with E-state index in [-0.39, 0.29) is 5.75 Å². The van der Waals surface area contributed by atoms with Crippen molar-refractivity contribution in [2.75, 3.05) is 13.7 Å². The maximum Gasteiger partial charge on any atom is 0.160 e. The third kappa shape index (κ3) is 4.22. The van der Waals surface area contributed by atoms with Gasteiger partial charge in [-0.1, -0.05) is 33.8 Å². The minimum absolute atomic E-state index is 0.185. The summed E-state index contributed by atoms with van der Waals surface area (Å²) in [5.41, 5.74) is 1.44. The standard InChI is InChI=1S/C15H25NO2/c1-11(15(2,3)4)9-16-10-12-6-7-13(17)14(8-12)18-5/h6-8,11,16-17H,9-10H2,1-5H3. The van der Waals surface area contributed by atoms with Crippen molar-refractivity contribution < 1.29 is 9.84 Å². The van der Waals surface area contributed by atoms with Gasteiger partial charge in [-0.15, -0.1) is 0 Å². The number of benzene rings is 1. The van der Waals surface area contributed by atoms with E-state index in [1.807, 2.05) is 12.1 Å². The van der Waals surface area contributed by atoms with Gasteiger partial charge in [0.05, 0.1) is 7.11 Å². The molecule has 0 aromatic heterocycles. The molecule has 0 amide bonds. The summed E-state index contributed by atoms with van der Waals surface area (Å²) in [4.78, 5) is 0. The van der Waals surface area contributed by atoms with E-state index < -0.39 is 0 Å². The molecule has 0 bridgehead atoms. The molecule has 2 N–H and O–H groups in total. The molecule has 0 aliphatic heterocycles. The highest BCUT2D eigenvalue weighted by Crippen LogP contribution is 2.27. The molecule has 0 spiro atoms. The number of rotatable bonds is 5. The predicted octanol–water partition coefficient (Wildman–Crippen LogP) is 3.17. The van der Waals surface area contributed by atoms with Gasteiger partial charge in [0, 0.05) is 6.54 Å². The summed E-state index contributed by atoms with van der Waals surface area (Å²) in [6.07, 6.45) is 0. The number of aromatic hydroxyl groups is 1. The van der Waals surface area contributed by atoms with Crippen molar-refractivity contribution in [2.24, 2.45) is 11.3 Å². The Morgan fingerprint density at radius 2 is 2.00 bits per heavy atom. The average Bonchev–Trinajstić information content (AvgIpc) is 2.30. The molecule has 0 saturated carbocycles. The van der Waals surface area contributed by atoms with Crippen LogP contribution in [0.1, 0.15) is 33.3 Å². The Morgan fingerprint density at radius 3 is 2.56 bits per heavy atom. The zero-order valence-corrected chi connectivity index (χ0v) is 12.1. The topological polar surface area (TPSA) is 41.5 Å². The zero-order chi connectivity index (χ0) is 13.8. The third-order valence-corrected chi connectivity index (χ3v) is 3.50.